The van der Waals surface area contributed by atoms with Gasteiger partial charge >= 0.3 is 5.97 Å². The molecule has 2 rings (SSSR count). The zero-order valence-electron chi connectivity index (χ0n) is 12.8. The lowest BCUT2D eigenvalue weighted by molar-refractivity contribution is -0.136. The third-order valence-corrected chi connectivity index (χ3v) is 4.27. The Morgan fingerprint density at radius 1 is 1.36 bits per heavy atom. The summed E-state index contributed by atoms with van der Waals surface area (Å²) in [6, 6.07) is 7.84. The summed E-state index contributed by atoms with van der Waals surface area (Å²) in [5.74, 6) is 0.779. The molecule has 0 saturated carbocycles. The first-order chi connectivity index (χ1) is 10.5. The Bertz CT molecular complexity index is 640. The monoisotopic (exact) mass is 321 g/mol. The van der Waals surface area contributed by atoms with E-state index in [0.717, 1.165) is 17.1 Å². The Morgan fingerprint density at radius 2 is 2.05 bits per heavy atom. The Kier molecular flexibility index (Phi) is 5.43. The summed E-state index contributed by atoms with van der Waals surface area (Å²) >= 11 is 1.19. The zero-order valence-corrected chi connectivity index (χ0v) is 13.6. The van der Waals surface area contributed by atoms with E-state index in [-0.39, 0.29) is 0 Å². The molecule has 1 heterocycles. The number of thioether (sulfide) groups is 1. The molecule has 0 bridgehead atoms. The largest absolute Gasteiger partial charge is 0.494 e. The molecule has 0 saturated heterocycles. The third kappa shape index (κ3) is 4.00. The van der Waals surface area contributed by atoms with Gasteiger partial charge in [0.15, 0.2) is 5.16 Å². The molecular weight excluding hydrogens is 302 g/mol. The molecule has 0 aliphatic rings. The van der Waals surface area contributed by atoms with Crippen molar-refractivity contribution in [3.8, 4) is 5.75 Å². The second-order valence-electron chi connectivity index (χ2n) is 4.81. The van der Waals surface area contributed by atoms with Gasteiger partial charge in [0.25, 0.3) is 0 Å². The van der Waals surface area contributed by atoms with Crippen LogP contribution in [0.5, 0.6) is 5.75 Å². The topological polar surface area (TPSA) is 77.2 Å². The van der Waals surface area contributed by atoms with Gasteiger partial charge in [-0.2, -0.15) is 0 Å². The molecule has 0 radical (unpaired) electrons. The van der Waals surface area contributed by atoms with Crippen molar-refractivity contribution in [3.05, 3.63) is 35.7 Å². The van der Waals surface area contributed by atoms with Gasteiger partial charge in [0.1, 0.15) is 16.8 Å². The first kappa shape index (κ1) is 16.4. The number of hydrogen-bond acceptors (Lipinski definition) is 5. The molecule has 0 fully saturated rings. The number of carbonyl (C=O) groups is 1. The Labute approximate surface area is 133 Å². The lowest BCUT2D eigenvalue weighted by atomic mass is 10.1. The van der Waals surface area contributed by atoms with Crippen molar-refractivity contribution in [2.45, 2.75) is 30.7 Å². The van der Waals surface area contributed by atoms with Gasteiger partial charge in [0.05, 0.1) is 6.61 Å². The summed E-state index contributed by atoms with van der Waals surface area (Å²) in [4.78, 5) is 10.9. The maximum Gasteiger partial charge on any atom is 0.316 e. The van der Waals surface area contributed by atoms with E-state index < -0.39 is 11.2 Å². The first-order valence-electron chi connectivity index (χ1n) is 7.00. The molecule has 1 atom stereocenters. The summed E-state index contributed by atoms with van der Waals surface area (Å²) in [7, 11) is 1.85. The number of rotatable bonds is 7. The minimum absolute atomic E-state index is 0.554. The normalized spacial score (nSPS) is 12.1. The van der Waals surface area contributed by atoms with Crippen LogP contribution in [0.1, 0.15) is 25.2 Å². The van der Waals surface area contributed by atoms with Crippen LogP contribution in [0.2, 0.25) is 0 Å². The van der Waals surface area contributed by atoms with Gasteiger partial charge in [-0.25, -0.2) is 0 Å². The van der Waals surface area contributed by atoms with Crippen LogP contribution >= 0.6 is 11.8 Å². The van der Waals surface area contributed by atoms with Crippen molar-refractivity contribution in [2.24, 2.45) is 7.05 Å². The van der Waals surface area contributed by atoms with E-state index in [1.807, 2.05) is 42.8 Å². The van der Waals surface area contributed by atoms with Crippen molar-refractivity contribution >= 4 is 17.7 Å². The van der Waals surface area contributed by atoms with Crippen LogP contribution in [0.4, 0.5) is 0 Å². The van der Waals surface area contributed by atoms with Gasteiger partial charge in [0.2, 0.25) is 0 Å². The Balaban J connectivity index is 2.07. The van der Waals surface area contributed by atoms with E-state index in [4.69, 9.17) is 9.84 Å². The Morgan fingerprint density at radius 3 is 2.64 bits per heavy atom. The van der Waals surface area contributed by atoms with Crippen molar-refractivity contribution in [3.63, 3.8) is 0 Å². The van der Waals surface area contributed by atoms with Gasteiger partial charge in [-0.05, 0) is 31.5 Å². The average Bonchev–Trinajstić information content (AvgIpc) is 2.82. The van der Waals surface area contributed by atoms with Crippen molar-refractivity contribution < 1.29 is 14.6 Å². The molecule has 0 aliphatic carbocycles. The highest BCUT2D eigenvalue weighted by atomic mass is 32.2. The lowest BCUT2D eigenvalue weighted by Crippen LogP contribution is -2.12. The molecule has 7 heteroatoms. The molecule has 118 valence electrons. The van der Waals surface area contributed by atoms with E-state index in [9.17, 15) is 4.79 Å². The van der Waals surface area contributed by atoms with Crippen LogP contribution in [0.3, 0.4) is 0 Å². The quantitative estimate of drug-likeness (QED) is 0.789. The van der Waals surface area contributed by atoms with Crippen LogP contribution in [0, 0.1) is 0 Å². The highest BCUT2D eigenvalue weighted by molar-refractivity contribution is 8.00. The molecule has 0 aliphatic heterocycles. The van der Waals surface area contributed by atoms with Gasteiger partial charge in [-0.15, -0.1) is 10.2 Å². The molecule has 1 aromatic heterocycles. The second kappa shape index (κ2) is 7.31. The summed E-state index contributed by atoms with van der Waals surface area (Å²) in [6.45, 7) is 4.23. The fourth-order valence-electron chi connectivity index (χ4n) is 1.86. The standard InChI is InChI=1S/C15H19N3O3S/c1-4-21-12-7-5-11(6-8-12)9-13-16-17-15(18(13)3)22-10(2)14(19)20/h5-8,10H,4,9H2,1-3H3,(H,19,20)/t10-/m0/s1. The molecule has 0 unspecified atom stereocenters. The zero-order chi connectivity index (χ0) is 16.1. The van der Waals surface area contributed by atoms with E-state index in [1.54, 1.807) is 6.92 Å². The van der Waals surface area contributed by atoms with E-state index in [2.05, 4.69) is 10.2 Å². The SMILES string of the molecule is CCOc1ccc(Cc2nnc(S[C@@H](C)C(=O)O)n2C)cc1. The summed E-state index contributed by atoms with van der Waals surface area (Å²) < 4.78 is 7.25. The summed E-state index contributed by atoms with van der Waals surface area (Å²) in [5.41, 5.74) is 1.10. The summed E-state index contributed by atoms with van der Waals surface area (Å²) in [6.07, 6.45) is 0.637. The molecule has 22 heavy (non-hydrogen) atoms. The van der Waals surface area contributed by atoms with Crippen LogP contribution in [-0.2, 0) is 18.3 Å². The predicted molar refractivity (Wildman–Crippen MR) is 84.4 cm³/mol. The molecule has 6 nitrogen and oxygen atoms in total. The minimum atomic E-state index is -0.860. The number of carboxylic acids is 1. The van der Waals surface area contributed by atoms with E-state index >= 15 is 0 Å². The van der Waals surface area contributed by atoms with Gasteiger partial charge in [-0.3, -0.25) is 4.79 Å². The van der Waals surface area contributed by atoms with E-state index in [1.165, 1.54) is 11.8 Å². The number of aromatic nitrogens is 3. The molecule has 0 spiro atoms. The van der Waals surface area contributed by atoms with Crippen LogP contribution in [0.15, 0.2) is 29.4 Å². The molecule has 0 amide bonds. The summed E-state index contributed by atoms with van der Waals surface area (Å²) in [5, 5.41) is 17.2. The predicted octanol–water partition coefficient (Wildman–Crippen LogP) is 2.37. The second-order valence-corrected chi connectivity index (χ2v) is 6.12. The molecule has 1 aromatic carbocycles. The lowest BCUT2D eigenvalue weighted by Gasteiger charge is -2.07. The number of nitrogens with zero attached hydrogens (tertiary/aromatic N) is 3. The van der Waals surface area contributed by atoms with Crippen LogP contribution < -0.4 is 4.74 Å². The van der Waals surface area contributed by atoms with Gasteiger partial charge in [0, 0.05) is 13.5 Å². The van der Waals surface area contributed by atoms with Gasteiger partial charge < -0.3 is 14.4 Å². The maximum absolute atomic E-state index is 10.9. The van der Waals surface area contributed by atoms with Crippen LogP contribution in [0.25, 0.3) is 0 Å². The average molecular weight is 321 g/mol. The maximum atomic E-state index is 10.9. The highest BCUT2D eigenvalue weighted by Gasteiger charge is 2.17. The smallest absolute Gasteiger partial charge is 0.316 e. The van der Waals surface area contributed by atoms with E-state index in [0.29, 0.717) is 18.2 Å². The fraction of sp³-hybridized carbons (Fsp3) is 0.400. The third-order valence-electron chi connectivity index (χ3n) is 3.15. The highest BCUT2D eigenvalue weighted by Crippen LogP contribution is 2.22. The number of carboxylic acid groups (broad SMARTS) is 1. The van der Waals surface area contributed by atoms with Crippen molar-refractivity contribution in [1.29, 1.82) is 0 Å². The number of hydrogen-bond donors (Lipinski definition) is 1. The first-order valence-corrected chi connectivity index (χ1v) is 7.88. The van der Waals surface area contributed by atoms with Crippen molar-refractivity contribution in [2.75, 3.05) is 6.61 Å². The number of ether oxygens (including phenoxy) is 1. The van der Waals surface area contributed by atoms with Crippen LogP contribution in [-0.4, -0.2) is 37.7 Å². The number of aliphatic carboxylic acids is 1. The Hall–Kier alpha value is -2.02. The van der Waals surface area contributed by atoms with Gasteiger partial charge in [-0.1, -0.05) is 23.9 Å². The molecular formula is C15H19N3O3S. The minimum Gasteiger partial charge on any atom is -0.494 e. The fourth-order valence-corrected chi connectivity index (χ4v) is 2.63. The number of benzene rings is 1. The van der Waals surface area contributed by atoms with Crippen molar-refractivity contribution in [1.82, 2.24) is 14.8 Å². The molecule has 1 N–H and O–H groups in total. The molecule has 2 aromatic rings.